The van der Waals surface area contributed by atoms with Gasteiger partial charge in [0.05, 0.1) is 25.6 Å². The molecule has 2 aromatic rings. The van der Waals surface area contributed by atoms with Crippen LogP contribution >= 0.6 is 0 Å². The van der Waals surface area contributed by atoms with E-state index in [1.807, 2.05) is 38.1 Å². The van der Waals surface area contributed by atoms with Gasteiger partial charge in [-0.05, 0) is 50.5 Å². The quantitative estimate of drug-likeness (QED) is 0.352. The molecule has 1 saturated heterocycles. The first-order chi connectivity index (χ1) is 15.4. The Balaban J connectivity index is 1.36. The summed E-state index contributed by atoms with van der Waals surface area (Å²) in [6, 6.07) is 7.76. The van der Waals surface area contributed by atoms with Crippen LogP contribution in [0.1, 0.15) is 66.2 Å². The molecule has 6 nitrogen and oxygen atoms in total. The second-order valence-electron chi connectivity index (χ2n) is 9.09. The Morgan fingerprint density at radius 1 is 1.00 bits per heavy atom. The molecule has 32 heavy (non-hydrogen) atoms. The molecule has 1 aliphatic heterocycles. The van der Waals surface area contributed by atoms with E-state index in [9.17, 15) is 0 Å². The summed E-state index contributed by atoms with van der Waals surface area (Å²) >= 11 is 0. The lowest BCUT2D eigenvalue weighted by Gasteiger charge is -2.17. The van der Waals surface area contributed by atoms with E-state index in [-0.39, 0.29) is 6.10 Å². The fraction of sp³-hybridized carbons (Fsp3) is 0.615. The summed E-state index contributed by atoms with van der Waals surface area (Å²) in [5, 5.41) is 0. The molecule has 0 saturated carbocycles. The van der Waals surface area contributed by atoms with Crippen LogP contribution in [0.25, 0.3) is 11.4 Å². The Hall–Kier alpha value is -2.18. The maximum Gasteiger partial charge on any atom is 0.163 e. The highest BCUT2D eigenvalue weighted by Gasteiger charge is 2.32. The summed E-state index contributed by atoms with van der Waals surface area (Å²) in [7, 11) is 0. The van der Waals surface area contributed by atoms with Gasteiger partial charge in [-0.1, -0.05) is 46.0 Å². The number of aromatic nitrogens is 2. The lowest BCUT2D eigenvalue weighted by Crippen LogP contribution is -2.25. The van der Waals surface area contributed by atoms with E-state index < -0.39 is 5.79 Å². The van der Waals surface area contributed by atoms with Gasteiger partial charge in [0, 0.05) is 5.56 Å². The molecule has 2 heterocycles. The lowest BCUT2D eigenvalue weighted by atomic mass is 10.0. The predicted molar refractivity (Wildman–Crippen MR) is 126 cm³/mol. The molecule has 0 radical (unpaired) electrons. The zero-order valence-electron chi connectivity index (χ0n) is 20.0. The molecule has 0 N–H and O–H groups in total. The van der Waals surface area contributed by atoms with Gasteiger partial charge in [-0.15, -0.1) is 0 Å². The normalized spacial score (nSPS) is 18.4. The average molecular weight is 443 g/mol. The number of hydrogen-bond donors (Lipinski definition) is 0. The maximum atomic E-state index is 5.82. The zero-order valence-corrected chi connectivity index (χ0v) is 20.0. The SMILES string of the molecule is CC[C@H](C)CCCCCCOc1cnc(-c2ccc(OCC3COC(C)(C)O3)cc2)nc1. The van der Waals surface area contributed by atoms with E-state index in [4.69, 9.17) is 18.9 Å². The van der Waals surface area contributed by atoms with Gasteiger partial charge >= 0.3 is 0 Å². The molecule has 2 atom stereocenters. The Morgan fingerprint density at radius 3 is 2.38 bits per heavy atom. The first-order valence-electron chi connectivity index (χ1n) is 11.9. The van der Waals surface area contributed by atoms with E-state index >= 15 is 0 Å². The van der Waals surface area contributed by atoms with Crippen LogP contribution in [0.5, 0.6) is 11.5 Å². The minimum atomic E-state index is -0.530. The van der Waals surface area contributed by atoms with Crippen LogP contribution in [0.4, 0.5) is 0 Å². The molecule has 1 aromatic heterocycles. The number of hydrogen-bond acceptors (Lipinski definition) is 6. The molecule has 0 bridgehead atoms. The molecule has 1 aromatic carbocycles. The zero-order chi connectivity index (χ0) is 22.8. The minimum absolute atomic E-state index is 0.0506. The molecule has 6 heteroatoms. The Kier molecular flexibility index (Phi) is 9.30. The standard InChI is InChI=1S/C26H38N2O4/c1-5-20(2)10-8-6-7-9-15-29-23-16-27-25(28-17-23)21-11-13-22(14-12-21)30-18-24-19-31-26(3,4)32-24/h11-14,16-17,20,24H,5-10,15,18-19H2,1-4H3/t20-,24?/m0/s1. The molecule has 0 amide bonds. The van der Waals surface area contributed by atoms with Gasteiger partial charge in [0.1, 0.15) is 18.5 Å². The lowest BCUT2D eigenvalue weighted by molar-refractivity contribution is -0.141. The minimum Gasteiger partial charge on any atom is -0.491 e. The highest BCUT2D eigenvalue weighted by atomic mass is 16.7. The second kappa shape index (κ2) is 12.2. The van der Waals surface area contributed by atoms with Gasteiger partial charge < -0.3 is 18.9 Å². The van der Waals surface area contributed by atoms with E-state index in [0.29, 0.717) is 25.6 Å². The van der Waals surface area contributed by atoms with Crippen molar-refractivity contribution in [1.29, 1.82) is 0 Å². The van der Waals surface area contributed by atoms with Gasteiger partial charge in [-0.3, -0.25) is 0 Å². The molecule has 0 aliphatic carbocycles. The van der Waals surface area contributed by atoms with Crippen molar-refractivity contribution in [3.63, 3.8) is 0 Å². The third-order valence-corrected chi connectivity index (χ3v) is 5.80. The maximum absolute atomic E-state index is 5.82. The molecule has 1 unspecified atom stereocenters. The van der Waals surface area contributed by atoms with Crippen molar-refractivity contribution in [2.45, 2.75) is 78.1 Å². The summed E-state index contributed by atoms with van der Waals surface area (Å²) in [6.45, 7) is 10.1. The molecule has 1 fully saturated rings. The van der Waals surface area contributed by atoms with Crippen molar-refractivity contribution in [1.82, 2.24) is 9.97 Å². The Labute approximate surface area is 192 Å². The average Bonchev–Trinajstić information content (AvgIpc) is 3.16. The largest absolute Gasteiger partial charge is 0.491 e. The number of rotatable bonds is 13. The third kappa shape index (κ3) is 8.06. The van der Waals surface area contributed by atoms with Crippen molar-refractivity contribution >= 4 is 0 Å². The molecular weight excluding hydrogens is 404 g/mol. The van der Waals surface area contributed by atoms with Crippen molar-refractivity contribution in [2.24, 2.45) is 5.92 Å². The number of nitrogens with zero attached hydrogens (tertiary/aromatic N) is 2. The summed E-state index contributed by atoms with van der Waals surface area (Å²) in [6.07, 6.45) is 10.9. The first-order valence-corrected chi connectivity index (χ1v) is 11.9. The molecule has 0 spiro atoms. The first kappa shape index (κ1) is 24.5. The van der Waals surface area contributed by atoms with Crippen LogP contribution in [0.2, 0.25) is 0 Å². The van der Waals surface area contributed by atoms with Gasteiger partial charge in [-0.25, -0.2) is 9.97 Å². The van der Waals surface area contributed by atoms with Crippen molar-refractivity contribution in [3.8, 4) is 22.9 Å². The third-order valence-electron chi connectivity index (χ3n) is 5.80. The Bertz CT molecular complexity index is 792. The molecular formula is C26H38N2O4. The van der Waals surface area contributed by atoms with Crippen LogP contribution < -0.4 is 9.47 Å². The molecule has 176 valence electrons. The van der Waals surface area contributed by atoms with Crippen LogP contribution in [-0.2, 0) is 9.47 Å². The van der Waals surface area contributed by atoms with Crippen LogP contribution in [-0.4, -0.2) is 41.7 Å². The van der Waals surface area contributed by atoms with Crippen molar-refractivity contribution < 1.29 is 18.9 Å². The number of benzene rings is 1. The Morgan fingerprint density at radius 2 is 1.72 bits per heavy atom. The number of ether oxygens (including phenoxy) is 4. The van der Waals surface area contributed by atoms with Gasteiger partial charge in [-0.2, -0.15) is 0 Å². The number of unbranched alkanes of at least 4 members (excludes halogenated alkanes) is 3. The van der Waals surface area contributed by atoms with Crippen LogP contribution in [0.15, 0.2) is 36.7 Å². The molecule has 1 aliphatic rings. The summed E-state index contributed by atoms with van der Waals surface area (Å²) in [5.74, 6) is 2.49. The van der Waals surface area contributed by atoms with Crippen LogP contribution in [0.3, 0.4) is 0 Å². The van der Waals surface area contributed by atoms with Crippen molar-refractivity contribution in [2.75, 3.05) is 19.8 Å². The fourth-order valence-electron chi connectivity index (χ4n) is 3.62. The second-order valence-corrected chi connectivity index (χ2v) is 9.09. The topological polar surface area (TPSA) is 62.7 Å². The smallest absolute Gasteiger partial charge is 0.163 e. The predicted octanol–water partition coefficient (Wildman–Crippen LogP) is 6.05. The van der Waals surface area contributed by atoms with E-state index in [2.05, 4.69) is 23.8 Å². The van der Waals surface area contributed by atoms with E-state index in [0.717, 1.165) is 29.4 Å². The fourth-order valence-corrected chi connectivity index (χ4v) is 3.62. The van der Waals surface area contributed by atoms with Gasteiger partial charge in [0.15, 0.2) is 17.4 Å². The van der Waals surface area contributed by atoms with Gasteiger partial charge in [0.2, 0.25) is 0 Å². The monoisotopic (exact) mass is 442 g/mol. The highest BCUT2D eigenvalue weighted by Crippen LogP contribution is 2.24. The van der Waals surface area contributed by atoms with Crippen molar-refractivity contribution in [3.05, 3.63) is 36.7 Å². The summed E-state index contributed by atoms with van der Waals surface area (Å²) < 4.78 is 22.9. The summed E-state index contributed by atoms with van der Waals surface area (Å²) in [5.41, 5.74) is 0.937. The van der Waals surface area contributed by atoms with Gasteiger partial charge in [0.25, 0.3) is 0 Å². The van der Waals surface area contributed by atoms with Crippen LogP contribution in [0, 0.1) is 5.92 Å². The molecule has 3 rings (SSSR count). The summed E-state index contributed by atoms with van der Waals surface area (Å²) in [4.78, 5) is 8.89. The van der Waals surface area contributed by atoms with E-state index in [1.54, 1.807) is 12.4 Å². The highest BCUT2D eigenvalue weighted by molar-refractivity contribution is 5.56. The van der Waals surface area contributed by atoms with E-state index in [1.165, 1.54) is 32.1 Å².